The monoisotopic (exact) mass is 337 g/mol. The second-order valence-corrected chi connectivity index (χ2v) is 6.14. The molecule has 122 valence electrons. The van der Waals surface area contributed by atoms with Crippen LogP contribution >= 0.6 is 11.6 Å². The van der Waals surface area contributed by atoms with Gasteiger partial charge in [0.2, 0.25) is 5.91 Å². The van der Waals surface area contributed by atoms with Gasteiger partial charge >= 0.3 is 0 Å². The first kappa shape index (κ1) is 16.0. The molecule has 0 saturated carbocycles. The molecule has 2 heterocycles. The third kappa shape index (κ3) is 3.54. The van der Waals surface area contributed by atoms with Crippen LogP contribution in [-0.2, 0) is 11.2 Å². The zero-order valence-electron chi connectivity index (χ0n) is 12.6. The van der Waals surface area contributed by atoms with Crippen LogP contribution < -0.4 is 5.32 Å². The molecule has 1 aromatic heterocycles. The van der Waals surface area contributed by atoms with Crippen molar-refractivity contribution in [2.75, 3.05) is 13.6 Å². The largest absolute Gasteiger partial charge is 0.364 e. The summed E-state index contributed by atoms with van der Waals surface area (Å²) in [5, 5.41) is 6.84. The van der Waals surface area contributed by atoms with E-state index in [2.05, 4.69) is 15.4 Å². The number of hydrogen-bond acceptors (Lipinski definition) is 4. The number of nitrogens with one attached hydrogen (secondary N) is 1. The average molecular weight is 338 g/mol. The first-order chi connectivity index (χ1) is 11.0. The highest BCUT2D eigenvalue weighted by molar-refractivity contribution is 6.30. The molecule has 5 nitrogen and oxygen atoms in total. The average Bonchev–Trinajstić information content (AvgIpc) is 3.12. The number of aromatic nitrogens is 1. The number of hydrogen-bond donors (Lipinski definition) is 1. The molecule has 1 N–H and O–H groups in total. The van der Waals surface area contributed by atoms with Crippen LogP contribution in [0.25, 0.3) is 0 Å². The number of halogens is 2. The maximum atomic E-state index is 13.7. The molecular weight excluding hydrogens is 321 g/mol. The Balaban J connectivity index is 1.73. The van der Waals surface area contributed by atoms with Crippen LogP contribution in [0.2, 0.25) is 5.02 Å². The molecule has 2 aromatic rings. The molecule has 0 aliphatic carbocycles. The number of nitrogens with zero attached hydrogens (tertiary/aromatic N) is 2. The lowest BCUT2D eigenvalue weighted by Crippen LogP contribution is -2.39. The van der Waals surface area contributed by atoms with Gasteiger partial charge < -0.3 is 9.84 Å². The van der Waals surface area contributed by atoms with Crippen molar-refractivity contribution in [1.29, 1.82) is 0 Å². The van der Waals surface area contributed by atoms with Crippen molar-refractivity contribution >= 4 is 17.5 Å². The van der Waals surface area contributed by atoms with Crippen molar-refractivity contribution in [2.45, 2.75) is 24.9 Å². The zero-order valence-corrected chi connectivity index (χ0v) is 13.4. The molecule has 1 amide bonds. The minimum atomic E-state index is -0.447. The Morgan fingerprint density at radius 2 is 2.35 bits per heavy atom. The highest BCUT2D eigenvalue weighted by atomic mass is 35.5. The van der Waals surface area contributed by atoms with E-state index in [0.29, 0.717) is 5.69 Å². The first-order valence-electron chi connectivity index (χ1n) is 7.38. The van der Waals surface area contributed by atoms with Crippen molar-refractivity contribution in [3.8, 4) is 0 Å². The van der Waals surface area contributed by atoms with E-state index in [0.717, 1.165) is 18.5 Å². The number of rotatable bonds is 4. The molecule has 1 aromatic carbocycles. The summed E-state index contributed by atoms with van der Waals surface area (Å²) in [5.41, 5.74) is 1.39. The molecule has 1 saturated heterocycles. The van der Waals surface area contributed by atoms with E-state index in [4.69, 9.17) is 16.1 Å². The molecule has 0 bridgehead atoms. The molecule has 2 atom stereocenters. The van der Waals surface area contributed by atoms with E-state index in [9.17, 15) is 9.18 Å². The Labute approximate surface area is 138 Å². The van der Waals surface area contributed by atoms with Crippen LogP contribution in [0.1, 0.15) is 23.7 Å². The minimum absolute atomic E-state index is 0.0805. The molecule has 23 heavy (non-hydrogen) atoms. The van der Waals surface area contributed by atoms with Crippen molar-refractivity contribution in [2.24, 2.45) is 0 Å². The highest BCUT2D eigenvalue weighted by Gasteiger charge is 2.34. The van der Waals surface area contributed by atoms with Gasteiger partial charge in [0.15, 0.2) is 0 Å². The van der Waals surface area contributed by atoms with Gasteiger partial charge in [-0.3, -0.25) is 9.69 Å². The van der Waals surface area contributed by atoms with Crippen LogP contribution in [0, 0.1) is 5.82 Å². The highest BCUT2D eigenvalue weighted by Crippen LogP contribution is 2.32. The van der Waals surface area contributed by atoms with Gasteiger partial charge in [0.05, 0.1) is 23.2 Å². The summed E-state index contributed by atoms with van der Waals surface area (Å²) in [4.78, 5) is 14.3. The SMILES string of the molecule is CN1CC[C@@H](NC(=O)Cc2ccon2)[C@@H]1c1ccc(Cl)c(F)c1. The van der Waals surface area contributed by atoms with Crippen molar-refractivity contribution in [3.05, 3.63) is 52.6 Å². The van der Waals surface area contributed by atoms with E-state index in [1.807, 2.05) is 7.05 Å². The summed E-state index contributed by atoms with van der Waals surface area (Å²) >= 11 is 5.75. The van der Waals surface area contributed by atoms with Crippen molar-refractivity contribution in [1.82, 2.24) is 15.4 Å². The fourth-order valence-electron chi connectivity index (χ4n) is 3.03. The van der Waals surface area contributed by atoms with Gasteiger partial charge in [-0.2, -0.15) is 0 Å². The van der Waals surface area contributed by atoms with Crippen molar-refractivity contribution < 1.29 is 13.7 Å². The molecule has 0 spiro atoms. The first-order valence-corrected chi connectivity index (χ1v) is 7.76. The maximum Gasteiger partial charge on any atom is 0.226 e. The molecule has 1 aliphatic rings. The number of carbonyl (C=O) groups excluding carboxylic acids is 1. The van der Waals surface area contributed by atoms with E-state index in [1.54, 1.807) is 18.2 Å². The van der Waals surface area contributed by atoms with E-state index >= 15 is 0 Å². The summed E-state index contributed by atoms with van der Waals surface area (Å²) < 4.78 is 18.5. The van der Waals surface area contributed by atoms with Gasteiger partial charge in [0.1, 0.15) is 12.1 Å². The summed E-state index contributed by atoms with van der Waals surface area (Å²) in [7, 11) is 1.96. The van der Waals surface area contributed by atoms with E-state index in [-0.39, 0.29) is 29.4 Å². The van der Waals surface area contributed by atoms with Gasteiger partial charge in [-0.05, 0) is 31.2 Å². The summed E-state index contributed by atoms with van der Waals surface area (Å²) in [5.74, 6) is -0.573. The molecule has 3 rings (SSSR count). The smallest absolute Gasteiger partial charge is 0.226 e. The lowest BCUT2D eigenvalue weighted by atomic mass is 10.00. The Morgan fingerprint density at radius 1 is 1.52 bits per heavy atom. The normalized spacial score (nSPS) is 21.5. The van der Waals surface area contributed by atoms with Crippen LogP contribution in [0.5, 0.6) is 0 Å². The number of amides is 1. The molecule has 7 heteroatoms. The maximum absolute atomic E-state index is 13.7. The topological polar surface area (TPSA) is 58.4 Å². The quantitative estimate of drug-likeness (QED) is 0.931. The fourth-order valence-corrected chi connectivity index (χ4v) is 3.15. The van der Waals surface area contributed by atoms with Crippen molar-refractivity contribution in [3.63, 3.8) is 0 Å². The van der Waals surface area contributed by atoms with Crippen LogP contribution in [0.4, 0.5) is 4.39 Å². The van der Waals surface area contributed by atoms with Crippen LogP contribution in [0.15, 0.2) is 35.1 Å². The van der Waals surface area contributed by atoms with Gasteiger partial charge in [-0.1, -0.05) is 22.8 Å². The van der Waals surface area contributed by atoms with Gasteiger partial charge in [0, 0.05) is 18.7 Å². The molecular formula is C16H17ClFN3O2. The van der Waals surface area contributed by atoms with Crippen LogP contribution in [-0.4, -0.2) is 35.6 Å². The van der Waals surface area contributed by atoms with Gasteiger partial charge in [-0.15, -0.1) is 0 Å². The summed E-state index contributed by atoms with van der Waals surface area (Å²) in [6.45, 7) is 0.823. The number of likely N-dealkylation sites (tertiary alicyclic amines) is 1. The predicted octanol–water partition coefficient (Wildman–Crippen LogP) is 2.57. The predicted molar refractivity (Wildman–Crippen MR) is 83.5 cm³/mol. The van der Waals surface area contributed by atoms with E-state index in [1.165, 1.54) is 12.3 Å². The minimum Gasteiger partial charge on any atom is -0.364 e. The lowest BCUT2D eigenvalue weighted by Gasteiger charge is -2.26. The number of carbonyl (C=O) groups is 1. The second kappa shape index (κ2) is 6.68. The Hall–Kier alpha value is -1.92. The summed E-state index contributed by atoms with van der Waals surface area (Å²) in [6.07, 6.45) is 2.40. The Bertz CT molecular complexity index is 693. The van der Waals surface area contributed by atoms with Gasteiger partial charge in [-0.25, -0.2) is 4.39 Å². The molecule has 0 unspecified atom stereocenters. The van der Waals surface area contributed by atoms with E-state index < -0.39 is 5.82 Å². The lowest BCUT2D eigenvalue weighted by molar-refractivity contribution is -0.121. The second-order valence-electron chi connectivity index (χ2n) is 5.73. The standard InChI is InChI=1S/C16H17ClFN3O2/c1-21-6-4-14(19-15(22)9-11-5-7-23-20-11)16(21)10-2-3-12(17)13(18)8-10/h2-3,5,7-8,14,16H,4,6,9H2,1H3,(H,19,22)/t14-,16+/m1/s1. The van der Waals surface area contributed by atoms with Gasteiger partial charge in [0.25, 0.3) is 0 Å². The summed E-state index contributed by atoms with van der Waals surface area (Å²) in [6, 6.07) is 6.28. The number of benzene rings is 1. The Morgan fingerprint density at radius 3 is 3.04 bits per heavy atom. The number of likely N-dealkylation sites (N-methyl/N-ethyl adjacent to an activating group) is 1. The third-order valence-electron chi connectivity index (χ3n) is 4.11. The molecule has 0 radical (unpaired) electrons. The Kier molecular flexibility index (Phi) is 4.63. The molecule has 1 fully saturated rings. The third-order valence-corrected chi connectivity index (χ3v) is 4.42. The zero-order chi connectivity index (χ0) is 16.4. The van der Waals surface area contributed by atoms with Crippen LogP contribution in [0.3, 0.4) is 0 Å². The molecule has 1 aliphatic heterocycles. The fraction of sp³-hybridized carbons (Fsp3) is 0.375.